The molecule has 0 saturated heterocycles. The lowest BCUT2D eigenvalue weighted by atomic mass is 10.1. The zero-order valence-corrected chi connectivity index (χ0v) is 17.0. The second-order valence-corrected chi connectivity index (χ2v) is 6.30. The number of rotatable bonds is 6. The molecule has 1 aromatic heterocycles. The normalized spacial score (nSPS) is 10.5. The maximum atomic E-state index is 13.0. The average Bonchev–Trinajstić information content (AvgIpc) is 2.96. The molecule has 0 aliphatic heterocycles. The maximum absolute atomic E-state index is 13.0. The van der Waals surface area contributed by atoms with Crippen molar-refractivity contribution >= 4 is 11.6 Å². The third-order valence-electron chi connectivity index (χ3n) is 4.72. The summed E-state index contributed by atoms with van der Waals surface area (Å²) in [6.45, 7) is 1.77. The highest BCUT2D eigenvalue weighted by molar-refractivity contribution is 6.05. The molecule has 3 rings (SSSR count). The minimum atomic E-state index is -0.463. The van der Waals surface area contributed by atoms with Crippen molar-refractivity contribution in [1.29, 1.82) is 0 Å². The minimum absolute atomic E-state index is 0.204. The number of carbonyl (C=O) groups excluding carboxylic acids is 1. The number of amides is 1. The lowest BCUT2D eigenvalue weighted by Gasteiger charge is -2.13. The summed E-state index contributed by atoms with van der Waals surface area (Å²) < 4.78 is 19.1. The van der Waals surface area contributed by atoms with Crippen LogP contribution in [0.25, 0.3) is 5.69 Å². The van der Waals surface area contributed by atoms with Crippen molar-refractivity contribution in [3.05, 3.63) is 64.1 Å². The molecule has 1 heterocycles. The Morgan fingerprint density at radius 1 is 0.966 bits per heavy atom. The maximum Gasteiger partial charge on any atom is 0.295 e. The van der Waals surface area contributed by atoms with Gasteiger partial charge in [0.15, 0.2) is 11.5 Å². The highest BCUT2D eigenvalue weighted by atomic mass is 16.5. The van der Waals surface area contributed by atoms with Crippen LogP contribution >= 0.6 is 0 Å². The molecule has 3 aromatic rings. The van der Waals surface area contributed by atoms with Crippen LogP contribution in [0.3, 0.4) is 0 Å². The molecule has 29 heavy (non-hydrogen) atoms. The Balaban J connectivity index is 2.02. The Bertz CT molecular complexity index is 1070. The molecular weight excluding hydrogens is 374 g/mol. The number of anilines is 1. The third kappa shape index (κ3) is 3.56. The van der Waals surface area contributed by atoms with Gasteiger partial charge in [0.2, 0.25) is 5.75 Å². The van der Waals surface area contributed by atoms with Gasteiger partial charge in [-0.3, -0.25) is 14.3 Å². The van der Waals surface area contributed by atoms with Gasteiger partial charge in [0.1, 0.15) is 5.69 Å². The van der Waals surface area contributed by atoms with Gasteiger partial charge in [-0.25, -0.2) is 4.68 Å². The number of carbonyl (C=O) groups is 1. The molecule has 0 aliphatic rings. The summed E-state index contributed by atoms with van der Waals surface area (Å²) in [5.41, 5.74) is 1.48. The Kier molecular flexibility index (Phi) is 5.63. The van der Waals surface area contributed by atoms with E-state index in [1.54, 1.807) is 18.7 Å². The lowest BCUT2D eigenvalue weighted by Crippen LogP contribution is -2.23. The van der Waals surface area contributed by atoms with Gasteiger partial charge in [0.25, 0.3) is 11.5 Å². The van der Waals surface area contributed by atoms with Crippen LogP contribution in [0, 0.1) is 6.92 Å². The summed E-state index contributed by atoms with van der Waals surface area (Å²) in [4.78, 5) is 25.9. The quantitative estimate of drug-likeness (QED) is 0.692. The van der Waals surface area contributed by atoms with E-state index in [0.717, 1.165) is 0 Å². The fourth-order valence-corrected chi connectivity index (χ4v) is 3.11. The highest BCUT2D eigenvalue weighted by Crippen LogP contribution is 2.38. The van der Waals surface area contributed by atoms with Crippen LogP contribution in [0.5, 0.6) is 17.2 Å². The van der Waals surface area contributed by atoms with Gasteiger partial charge >= 0.3 is 0 Å². The van der Waals surface area contributed by atoms with Crippen LogP contribution < -0.4 is 25.1 Å². The van der Waals surface area contributed by atoms with E-state index in [9.17, 15) is 9.59 Å². The van der Waals surface area contributed by atoms with Crippen molar-refractivity contribution in [2.24, 2.45) is 7.05 Å². The summed E-state index contributed by atoms with van der Waals surface area (Å²) in [6, 6.07) is 12.3. The molecule has 1 amide bonds. The number of para-hydroxylation sites is 1. The Morgan fingerprint density at radius 2 is 1.55 bits per heavy atom. The molecular formula is C21H23N3O5. The van der Waals surface area contributed by atoms with Crippen LogP contribution in [0.15, 0.2) is 47.3 Å². The van der Waals surface area contributed by atoms with Gasteiger partial charge < -0.3 is 19.5 Å². The minimum Gasteiger partial charge on any atom is -0.493 e. The average molecular weight is 397 g/mol. The molecule has 0 atom stereocenters. The Morgan fingerprint density at radius 3 is 2.07 bits per heavy atom. The van der Waals surface area contributed by atoms with Crippen LogP contribution in [0.2, 0.25) is 0 Å². The molecule has 0 radical (unpaired) electrons. The molecule has 2 aromatic carbocycles. The summed E-state index contributed by atoms with van der Waals surface area (Å²) in [5, 5.41) is 2.72. The molecule has 0 fully saturated rings. The standard InChI is InChI=1S/C21H23N3O5/c1-13-18(21(26)24(23(13)2)15-9-7-6-8-10-15)22-20(25)14-11-16(27-3)19(29-5)17(12-14)28-4/h6-12H,1-5H3,(H,22,25). The number of ether oxygens (including phenoxy) is 3. The summed E-state index contributed by atoms with van der Waals surface area (Å²) in [6.07, 6.45) is 0. The number of hydrogen-bond donors (Lipinski definition) is 1. The smallest absolute Gasteiger partial charge is 0.295 e. The molecule has 8 heteroatoms. The third-order valence-corrected chi connectivity index (χ3v) is 4.72. The molecule has 152 valence electrons. The van der Waals surface area contributed by atoms with Gasteiger partial charge in [-0.05, 0) is 31.2 Å². The number of nitrogens with zero attached hydrogens (tertiary/aromatic N) is 2. The molecule has 0 unspecified atom stereocenters. The summed E-state index contributed by atoms with van der Waals surface area (Å²) in [5.74, 6) is 0.621. The van der Waals surface area contributed by atoms with E-state index in [0.29, 0.717) is 28.6 Å². The van der Waals surface area contributed by atoms with Crippen molar-refractivity contribution in [3.8, 4) is 22.9 Å². The van der Waals surface area contributed by atoms with Crippen LogP contribution in [-0.4, -0.2) is 36.6 Å². The molecule has 0 aliphatic carbocycles. The largest absolute Gasteiger partial charge is 0.493 e. The van der Waals surface area contributed by atoms with Crippen LogP contribution in [0.1, 0.15) is 16.1 Å². The number of benzene rings is 2. The van der Waals surface area contributed by atoms with Crippen molar-refractivity contribution in [3.63, 3.8) is 0 Å². The van der Waals surface area contributed by atoms with E-state index in [4.69, 9.17) is 14.2 Å². The number of nitrogens with one attached hydrogen (secondary N) is 1. The Hall–Kier alpha value is -3.68. The Labute approximate surface area is 168 Å². The van der Waals surface area contributed by atoms with Crippen molar-refractivity contribution in [2.75, 3.05) is 26.6 Å². The molecule has 0 bridgehead atoms. The predicted molar refractivity (Wildman–Crippen MR) is 110 cm³/mol. The van der Waals surface area contributed by atoms with Gasteiger partial charge in [0, 0.05) is 12.6 Å². The predicted octanol–water partition coefficient (Wildman–Crippen LogP) is 2.76. The van der Waals surface area contributed by atoms with Crippen LogP contribution in [-0.2, 0) is 7.05 Å². The zero-order valence-electron chi connectivity index (χ0n) is 17.0. The first kappa shape index (κ1) is 20.1. The van der Waals surface area contributed by atoms with Gasteiger partial charge in [-0.1, -0.05) is 18.2 Å². The van der Waals surface area contributed by atoms with E-state index < -0.39 is 5.91 Å². The highest BCUT2D eigenvalue weighted by Gasteiger charge is 2.21. The zero-order chi connectivity index (χ0) is 21.1. The molecule has 0 saturated carbocycles. The molecule has 8 nitrogen and oxygen atoms in total. The van der Waals surface area contributed by atoms with Crippen molar-refractivity contribution in [1.82, 2.24) is 9.36 Å². The fourth-order valence-electron chi connectivity index (χ4n) is 3.11. The first-order chi connectivity index (χ1) is 13.9. The van der Waals surface area contributed by atoms with E-state index in [2.05, 4.69) is 5.32 Å². The SMILES string of the molecule is COc1cc(C(=O)Nc2c(C)n(C)n(-c3ccccc3)c2=O)cc(OC)c1OC. The van der Waals surface area contributed by atoms with Gasteiger partial charge in [-0.15, -0.1) is 0 Å². The first-order valence-electron chi connectivity index (χ1n) is 8.88. The van der Waals surface area contributed by atoms with E-state index in [1.807, 2.05) is 30.3 Å². The van der Waals surface area contributed by atoms with Gasteiger partial charge in [-0.2, -0.15) is 0 Å². The van der Waals surface area contributed by atoms with Crippen LogP contribution in [0.4, 0.5) is 5.69 Å². The summed E-state index contributed by atoms with van der Waals surface area (Å²) >= 11 is 0. The first-order valence-corrected chi connectivity index (χ1v) is 8.88. The number of aromatic nitrogens is 2. The monoisotopic (exact) mass is 397 g/mol. The van der Waals surface area contributed by atoms with Gasteiger partial charge in [0.05, 0.1) is 32.7 Å². The van der Waals surface area contributed by atoms with E-state index in [1.165, 1.54) is 38.1 Å². The molecule has 1 N–H and O–H groups in total. The van der Waals surface area contributed by atoms with E-state index in [-0.39, 0.29) is 16.8 Å². The van der Waals surface area contributed by atoms with Crippen molar-refractivity contribution in [2.45, 2.75) is 6.92 Å². The van der Waals surface area contributed by atoms with Crippen molar-refractivity contribution < 1.29 is 19.0 Å². The second-order valence-electron chi connectivity index (χ2n) is 6.30. The fraction of sp³-hybridized carbons (Fsp3) is 0.238. The molecule has 0 spiro atoms. The lowest BCUT2D eigenvalue weighted by molar-refractivity contribution is 0.102. The number of methoxy groups -OCH3 is 3. The summed E-state index contributed by atoms with van der Waals surface area (Å²) in [7, 11) is 6.19. The number of hydrogen-bond acceptors (Lipinski definition) is 5. The second kappa shape index (κ2) is 8.14. The van der Waals surface area contributed by atoms with E-state index >= 15 is 0 Å². The topological polar surface area (TPSA) is 83.7 Å².